The van der Waals surface area contributed by atoms with Gasteiger partial charge in [-0.2, -0.15) is 5.10 Å². The van der Waals surface area contributed by atoms with Gasteiger partial charge in [-0.05, 0) is 43.2 Å². The summed E-state index contributed by atoms with van der Waals surface area (Å²) in [6, 6.07) is 9.14. The maximum atomic E-state index is 13.0. The lowest BCUT2D eigenvalue weighted by molar-refractivity contribution is 0.206. The molecule has 8 heteroatoms. The summed E-state index contributed by atoms with van der Waals surface area (Å²) in [7, 11) is 3.27. The number of benzene rings is 1. The molecule has 2 aromatic heterocycles. The molecule has 0 spiro atoms. The number of carbonyl (C=O) groups is 1. The number of likely N-dealkylation sites (tertiary alicyclic amines) is 1. The lowest BCUT2D eigenvalue weighted by atomic mass is 10.0. The van der Waals surface area contributed by atoms with Crippen molar-refractivity contribution < 1.29 is 14.3 Å². The summed E-state index contributed by atoms with van der Waals surface area (Å²) in [4.78, 5) is 18.8. The predicted molar refractivity (Wildman–Crippen MR) is 109 cm³/mol. The Labute approximate surface area is 169 Å². The molecule has 1 aliphatic rings. The number of nitrogens with one attached hydrogen (secondary N) is 1. The van der Waals surface area contributed by atoms with E-state index in [2.05, 4.69) is 15.4 Å². The standard InChI is InChI=1S/C21H23N5O3/c1-28-17-5-6-20(29-2)18(12-17)19-4-3-11-25(19)21(27)24-15-13-23-26(14-15)16-7-9-22-10-8-16/h5-10,12-14,19H,3-4,11H2,1-2H3,(H,24,27)/t19-/m1/s1. The SMILES string of the molecule is COc1ccc(OC)c([C@H]2CCCN2C(=O)Nc2cnn(-c3ccncc3)c2)c1. The van der Waals surface area contributed by atoms with Crippen molar-refractivity contribution >= 4 is 11.7 Å². The summed E-state index contributed by atoms with van der Waals surface area (Å²) in [5.74, 6) is 1.49. The predicted octanol–water partition coefficient (Wildman–Crippen LogP) is 3.65. The molecule has 0 bridgehead atoms. The molecule has 0 radical (unpaired) electrons. The molecule has 3 heterocycles. The molecule has 0 aliphatic carbocycles. The van der Waals surface area contributed by atoms with E-state index in [1.165, 1.54) is 0 Å². The molecule has 2 amide bonds. The van der Waals surface area contributed by atoms with Gasteiger partial charge in [-0.25, -0.2) is 9.48 Å². The Bertz CT molecular complexity index is 989. The largest absolute Gasteiger partial charge is 0.497 e. The minimum absolute atomic E-state index is 0.0738. The molecule has 4 rings (SSSR count). The molecule has 29 heavy (non-hydrogen) atoms. The second-order valence-corrected chi connectivity index (χ2v) is 6.77. The lowest BCUT2D eigenvalue weighted by Gasteiger charge is -2.26. The number of rotatable bonds is 5. The molecule has 1 saturated heterocycles. The number of anilines is 1. The zero-order valence-corrected chi connectivity index (χ0v) is 16.4. The van der Waals surface area contributed by atoms with E-state index in [-0.39, 0.29) is 12.1 Å². The van der Waals surface area contributed by atoms with E-state index >= 15 is 0 Å². The van der Waals surface area contributed by atoms with Crippen LogP contribution in [0.1, 0.15) is 24.4 Å². The van der Waals surface area contributed by atoms with Crippen molar-refractivity contribution in [3.8, 4) is 17.2 Å². The first-order valence-electron chi connectivity index (χ1n) is 9.44. The topological polar surface area (TPSA) is 81.5 Å². The van der Waals surface area contributed by atoms with Crippen LogP contribution in [0.5, 0.6) is 11.5 Å². The Hall–Kier alpha value is -3.55. The highest BCUT2D eigenvalue weighted by Crippen LogP contribution is 2.39. The van der Waals surface area contributed by atoms with Gasteiger partial charge >= 0.3 is 6.03 Å². The van der Waals surface area contributed by atoms with Gasteiger partial charge < -0.3 is 19.7 Å². The summed E-state index contributed by atoms with van der Waals surface area (Å²) >= 11 is 0. The molecule has 3 aromatic rings. The monoisotopic (exact) mass is 393 g/mol. The maximum absolute atomic E-state index is 13.0. The van der Waals surface area contributed by atoms with Crippen LogP contribution < -0.4 is 14.8 Å². The summed E-state index contributed by atoms with van der Waals surface area (Å²) < 4.78 is 12.6. The second-order valence-electron chi connectivity index (χ2n) is 6.77. The first kappa shape index (κ1) is 18.8. The Morgan fingerprint density at radius 3 is 2.76 bits per heavy atom. The van der Waals surface area contributed by atoms with Gasteiger partial charge in [0, 0.05) is 24.5 Å². The number of methoxy groups -OCH3 is 2. The van der Waals surface area contributed by atoms with Crippen LogP contribution in [-0.2, 0) is 0 Å². The fourth-order valence-electron chi connectivity index (χ4n) is 3.65. The minimum Gasteiger partial charge on any atom is -0.497 e. The van der Waals surface area contributed by atoms with Crippen LogP contribution in [0.2, 0.25) is 0 Å². The fraction of sp³-hybridized carbons (Fsp3) is 0.286. The number of carbonyl (C=O) groups excluding carboxylic acids is 1. The smallest absolute Gasteiger partial charge is 0.322 e. The Morgan fingerprint density at radius 2 is 2.00 bits per heavy atom. The van der Waals surface area contributed by atoms with Crippen LogP contribution in [0.15, 0.2) is 55.1 Å². The van der Waals surface area contributed by atoms with Crippen molar-refractivity contribution in [2.24, 2.45) is 0 Å². The second kappa shape index (κ2) is 8.22. The minimum atomic E-state index is -0.161. The molecule has 1 fully saturated rings. The van der Waals surface area contributed by atoms with E-state index in [9.17, 15) is 4.79 Å². The average Bonchev–Trinajstić information content (AvgIpc) is 3.43. The summed E-state index contributed by atoms with van der Waals surface area (Å²) in [5, 5.41) is 7.27. The van der Waals surface area contributed by atoms with Gasteiger partial charge in [0.25, 0.3) is 0 Å². The Balaban J connectivity index is 1.52. The van der Waals surface area contributed by atoms with E-state index in [0.717, 1.165) is 35.6 Å². The molecule has 8 nitrogen and oxygen atoms in total. The Kier molecular flexibility index (Phi) is 5.33. The van der Waals surface area contributed by atoms with E-state index in [4.69, 9.17) is 9.47 Å². The molecule has 150 valence electrons. The van der Waals surface area contributed by atoms with Gasteiger partial charge in [-0.15, -0.1) is 0 Å². The third-order valence-electron chi connectivity index (χ3n) is 5.07. The van der Waals surface area contributed by atoms with Crippen molar-refractivity contribution in [3.05, 3.63) is 60.7 Å². The molecular weight excluding hydrogens is 370 g/mol. The van der Waals surface area contributed by atoms with Crippen LogP contribution in [0.3, 0.4) is 0 Å². The molecule has 1 aliphatic heterocycles. The van der Waals surface area contributed by atoms with Crippen molar-refractivity contribution in [1.29, 1.82) is 0 Å². The highest BCUT2D eigenvalue weighted by atomic mass is 16.5. The van der Waals surface area contributed by atoms with E-state index in [0.29, 0.717) is 12.2 Å². The van der Waals surface area contributed by atoms with Gasteiger partial charge in [-0.1, -0.05) is 0 Å². The van der Waals surface area contributed by atoms with Crippen LogP contribution in [0.4, 0.5) is 10.5 Å². The molecule has 1 atom stereocenters. The quantitative estimate of drug-likeness (QED) is 0.716. The van der Waals surface area contributed by atoms with Crippen LogP contribution in [-0.4, -0.2) is 46.5 Å². The zero-order valence-electron chi connectivity index (χ0n) is 16.4. The van der Waals surface area contributed by atoms with Crippen LogP contribution in [0.25, 0.3) is 5.69 Å². The number of hydrogen-bond acceptors (Lipinski definition) is 5. The highest BCUT2D eigenvalue weighted by Gasteiger charge is 2.32. The first-order chi connectivity index (χ1) is 14.2. The molecular formula is C21H23N5O3. The molecule has 1 N–H and O–H groups in total. The van der Waals surface area contributed by atoms with E-state index in [1.54, 1.807) is 43.7 Å². The van der Waals surface area contributed by atoms with E-state index < -0.39 is 0 Å². The first-order valence-corrected chi connectivity index (χ1v) is 9.44. The average molecular weight is 393 g/mol. The number of hydrogen-bond donors (Lipinski definition) is 1. The Morgan fingerprint density at radius 1 is 1.17 bits per heavy atom. The summed E-state index contributed by atoms with van der Waals surface area (Å²) in [6.07, 6.45) is 8.61. The number of amides is 2. The maximum Gasteiger partial charge on any atom is 0.322 e. The normalized spacial score (nSPS) is 15.9. The highest BCUT2D eigenvalue weighted by molar-refractivity contribution is 5.89. The number of aromatic nitrogens is 3. The van der Waals surface area contributed by atoms with Crippen LogP contribution >= 0.6 is 0 Å². The number of pyridine rings is 1. The van der Waals surface area contributed by atoms with Gasteiger partial charge in [0.2, 0.25) is 0 Å². The third-order valence-corrected chi connectivity index (χ3v) is 5.07. The van der Waals surface area contributed by atoms with Gasteiger partial charge in [0.15, 0.2) is 0 Å². The molecule has 1 aromatic carbocycles. The van der Waals surface area contributed by atoms with Crippen molar-refractivity contribution in [3.63, 3.8) is 0 Å². The van der Waals surface area contributed by atoms with Crippen LogP contribution in [0, 0.1) is 0 Å². The fourth-order valence-corrected chi connectivity index (χ4v) is 3.65. The molecule has 0 saturated carbocycles. The number of ether oxygens (including phenoxy) is 2. The third kappa shape index (κ3) is 3.87. The van der Waals surface area contributed by atoms with Gasteiger partial charge in [0.05, 0.1) is 44.0 Å². The van der Waals surface area contributed by atoms with Crippen molar-refractivity contribution in [2.45, 2.75) is 18.9 Å². The number of nitrogens with zero attached hydrogens (tertiary/aromatic N) is 4. The molecule has 0 unspecified atom stereocenters. The van der Waals surface area contributed by atoms with Gasteiger partial charge in [0.1, 0.15) is 11.5 Å². The van der Waals surface area contributed by atoms with E-state index in [1.807, 2.05) is 35.2 Å². The summed E-state index contributed by atoms with van der Waals surface area (Å²) in [6.45, 7) is 0.676. The van der Waals surface area contributed by atoms with Crippen molar-refractivity contribution in [2.75, 3.05) is 26.1 Å². The summed E-state index contributed by atoms with van der Waals surface area (Å²) in [5.41, 5.74) is 2.46. The van der Waals surface area contributed by atoms with Crippen molar-refractivity contribution in [1.82, 2.24) is 19.7 Å². The van der Waals surface area contributed by atoms with Gasteiger partial charge in [-0.3, -0.25) is 4.98 Å². The lowest BCUT2D eigenvalue weighted by Crippen LogP contribution is -2.34. The zero-order chi connectivity index (χ0) is 20.2. The number of urea groups is 1.